The Labute approximate surface area is 127 Å². The maximum atomic E-state index is 6.21. The van der Waals surface area contributed by atoms with Gasteiger partial charge in [-0.05, 0) is 44.5 Å². The van der Waals surface area contributed by atoms with E-state index in [0.717, 1.165) is 25.3 Å². The maximum absolute atomic E-state index is 6.21. The fraction of sp³-hybridized carbons (Fsp3) is 0.625. The van der Waals surface area contributed by atoms with Crippen molar-refractivity contribution < 1.29 is 4.74 Å². The number of halogens is 1. The fourth-order valence-electron chi connectivity index (χ4n) is 3.10. The van der Waals surface area contributed by atoms with Crippen molar-refractivity contribution in [1.29, 1.82) is 0 Å². The number of ether oxygens (including phenoxy) is 1. The van der Waals surface area contributed by atoms with E-state index in [1.54, 1.807) is 6.07 Å². The molecule has 0 saturated heterocycles. The molecule has 0 spiro atoms. The Hall–Kier alpha value is -0.930. The summed E-state index contributed by atoms with van der Waals surface area (Å²) in [6, 6.07) is 5.92. The zero-order valence-electron chi connectivity index (χ0n) is 12.4. The zero-order valence-corrected chi connectivity index (χ0v) is 13.2. The van der Waals surface area contributed by atoms with Gasteiger partial charge in [0.15, 0.2) is 0 Å². The van der Waals surface area contributed by atoms with Gasteiger partial charge in [-0.25, -0.2) is 0 Å². The highest BCUT2D eigenvalue weighted by Gasteiger charge is 2.30. The molecule has 3 nitrogen and oxygen atoms in total. The van der Waals surface area contributed by atoms with E-state index in [1.165, 1.54) is 19.3 Å². The summed E-state index contributed by atoms with van der Waals surface area (Å²) in [5, 5.41) is 0.671. The van der Waals surface area contributed by atoms with Crippen LogP contribution in [-0.2, 0) is 0 Å². The summed E-state index contributed by atoms with van der Waals surface area (Å²) < 4.78 is 6.21. The normalized spacial score (nSPS) is 23.0. The van der Waals surface area contributed by atoms with E-state index in [9.17, 15) is 0 Å². The highest BCUT2D eigenvalue weighted by Crippen LogP contribution is 2.31. The molecule has 2 rings (SSSR count). The smallest absolute Gasteiger partial charge is 0.144 e. The second-order valence-electron chi connectivity index (χ2n) is 5.41. The molecule has 0 heterocycles. The molecule has 1 aliphatic carbocycles. The van der Waals surface area contributed by atoms with Crippen LogP contribution in [0.15, 0.2) is 18.2 Å². The van der Waals surface area contributed by atoms with Crippen LogP contribution in [0.3, 0.4) is 0 Å². The van der Waals surface area contributed by atoms with Crippen LogP contribution in [0.25, 0.3) is 0 Å². The predicted octanol–water partition coefficient (Wildman–Crippen LogP) is 3.95. The number of hydrogen-bond acceptors (Lipinski definition) is 3. The summed E-state index contributed by atoms with van der Waals surface area (Å²) in [5.41, 5.74) is 6.66. The van der Waals surface area contributed by atoms with Crippen molar-refractivity contribution in [2.75, 3.05) is 18.8 Å². The van der Waals surface area contributed by atoms with Crippen LogP contribution in [0.5, 0.6) is 5.75 Å². The van der Waals surface area contributed by atoms with Crippen LogP contribution in [0.1, 0.15) is 39.5 Å². The van der Waals surface area contributed by atoms with Gasteiger partial charge < -0.3 is 10.5 Å². The first kappa shape index (κ1) is 15.5. The minimum Gasteiger partial charge on any atom is -0.487 e. The first-order valence-electron chi connectivity index (χ1n) is 7.61. The molecule has 1 aromatic carbocycles. The van der Waals surface area contributed by atoms with E-state index in [1.807, 2.05) is 12.1 Å². The van der Waals surface area contributed by atoms with Gasteiger partial charge in [0, 0.05) is 17.1 Å². The van der Waals surface area contributed by atoms with E-state index in [0.29, 0.717) is 16.8 Å². The van der Waals surface area contributed by atoms with Gasteiger partial charge in [0.05, 0.1) is 5.69 Å². The van der Waals surface area contributed by atoms with Crippen molar-refractivity contribution >= 4 is 17.3 Å². The molecule has 2 atom stereocenters. The quantitative estimate of drug-likeness (QED) is 0.836. The van der Waals surface area contributed by atoms with Crippen molar-refractivity contribution in [3.8, 4) is 5.75 Å². The van der Waals surface area contributed by atoms with Crippen molar-refractivity contribution in [3.63, 3.8) is 0 Å². The molecule has 4 heteroatoms. The first-order chi connectivity index (χ1) is 9.65. The Bertz CT molecular complexity index is 434. The third-order valence-corrected chi connectivity index (χ3v) is 4.44. The van der Waals surface area contributed by atoms with E-state index < -0.39 is 0 Å². The summed E-state index contributed by atoms with van der Waals surface area (Å²) in [5.74, 6) is 0.724. The van der Waals surface area contributed by atoms with E-state index in [4.69, 9.17) is 22.1 Å². The lowest BCUT2D eigenvalue weighted by Gasteiger charge is -2.39. The standard InChI is InChI=1S/C16H25ClN2O/c1-3-19(4-2)14-7-5-6-8-15(14)20-16-11-12(17)9-10-13(16)18/h9-11,14-15H,3-8,18H2,1-2H3. The molecule has 2 N–H and O–H groups in total. The summed E-state index contributed by atoms with van der Waals surface area (Å²) in [6.07, 6.45) is 5.01. The molecule has 0 bridgehead atoms. The molecule has 20 heavy (non-hydrogen) atoms. The second kappa shape index (κ2) is 7.19. The molecular weight excluding hydrogens is 272 g/mol. The molecular formula is C16H25ClN2O. The van der Waals surface area contributed by atoms with Crippen LogP contribution in [0.2, 0.25) is 5.02 Å². The van der Waals surface area contributed by atoms with Gasteiger partial charge in [-0.15, -0.1) is 0 Å². The number of likely N-dealkylation sites (N-methyl/N-ethyl adjacent to an activating group) is 1. The predicted molar refractivity (Wildman–Crippen MR) is 85.5 cm³/mol. The van der Waals surface area contributed by atoms with Crippen LogP contribution in [0, 0.1) is 0 Å². The molecule has 0 aromatic heterocycles. The lowest BCUT2D eigenvalue weighted by Crippen LogP contribution is -2.47. The second-order valence-corrected chi connectivity index (χ2v) is 5.85. The molecule has 0 aliphatic heterocycles. The number of nitrogens with two attached hydrogens (primary N) is 1. The van der Waals surface area contributed by atoms with Gasteiger partial charge in [0.1, 0.15) is 11.9 Å². The Kier molecular flexibility index (Phi) is 5.55. The molecule has 1 aliphatic rings. The van der Waals surface area contributed by atoms with Gasteiger partial charge >= 0.3 is 0 Å². The SMILES string of the molecule is CCN(CC)C1CCCCC1Oc1cc(Cl)ccc1N. The molecule has 112 valence electrons. The Morgan fingerprint density at radius 3 is 2.65 bits per heavy atom. The molecule has 1 aromatic rings. The topological polar surface area (TPSA) is 38.5 Å². The minimum absolute atomic E-state index is 0.212. The molecule has 1 fully saturated rings. The van der Waals surface area contributed by atoms with Crippen LogP contribution >= 0.6 is 11.6 Å². The number of hydrogen-bond donors (Lipinski definition) is 1. The zero-order chi connectivity index (χ0) is 14.5. The van der Waals surface area contributed by atoms with Crippen molar-refractivity contribution in [3.05, 3.63) is 23.2 Å². The number of nitrogens with zero attached hydrogens (tertiary/aromatic N) is 1. The minimum atomic E-state index is 0.212. The number of rotatable bonds is 5. The molecule has 0 radical (unpaired) electrons. The van der Waals surface area contributed by atoms with Gasteiger partial charge in [-0.3, -0.25) is 4.90 Å². The molecule has 0 amide bonds. The fourth-order valence-corrected chi connectivity index (χ4v) is 3.26. The number of anilines is 1. The number of benzene rings is 1. The average Bonchev–Trinajstić information content (AvgIpc) is 2.46. The van der Waals surface area contributed by atoms with Crippen LogP contribution < -0.4 is 10.5 Å². The van der Waals surface area contributed by atoms with E-state index in [2.05, 4.69) is 18.7 Å². The Morgan fingerprint density at radius 2 is 1.95 bits per heavy atom. The Morgan fingerprint density at radius 1 is 1.25 bits per heavy atom. The lowest BCUT2D eigenvalue weighted by molar-refractivity contribution is 0.0418. The highest BCUT2D eigenvalue weighted by molar-refractivity contribution is 6.30. The summed E-state index contributed by atoms with van der Waals surface area (Å²) in [7, 11) is 0. The summed E-state index contributed by atoms with van der Waals surface area (Å²) >= 11 is 6.04. The third kappa shape index (κ3) is 3.58. The van der Waals surface area contributed by atoms with E-state index in [-0.39, 0.29) is 6.10 Å². The summed E-state index contributed by atoms with van der Waals surface area (Å²) in [6.45, 7) is 6.55. The van der Waals surface area contributed by atoms with Crippen molar-refractivity contribution in [2.45, 2.75) is 51.7 Å². The largest absolute Gasteiger partial charge is 0.487 e. The van der Waals surface area contributed by atoms with Crippen molar-refractivity contribution in [1.82, 2.24) is 4.90 Å². The van der Waals surface area contributed by atoms with Gasteiger partial charge in [0.25, 0.3) is 0 Å². The third-order valence-electron chi connectivity index (χ3n) is 4.20. The first-order valence-corrected chi connectivity index (χ1v) is 7.99. The van der Waals surface area contributed by atoms with Crippen LogP contribution in [-0.4, -0.2) is 30.1 Å². The monoisotopic (exact) mass is 296 g/mol. The average molecular weight is 297 g/mol. The summed E-state index contributed by atoms with van der Waals surface area (Å²) in [4.78, 5) is 2.49. The van der Waals surface area contributed by atoms with Crippen molar-refractivity contribution in [2.24, 2.45) is 0 Å². The van der Waals surface area contributed by atoms with E-state index >= 15 is 0 Å². The van der Waals surface area contributed by atoms with Gasteiger partial charge in [-0.1, -0.05) is 31.9 Å². The molecule has 1 saturated carbocycles. The lowest BCUT2D eigenvalue weighted by atomic mass is 9.91. The molecule has 2 unspecified atom stereocenters. The Balaban J connectivity index is 2.14. The van der Waals surface area contributed by atoms with Gasteiger partial charge in [-0.2, -0.15) is 0 Å². The van der Waals surface area contributed by atoms with Gasteiger partial charge in [0.2, 0.25) is 0 Å². The number of nitrogen functional groups attached to an aromatic ring is 1. The maximum Gasteiger partial charge on any atom is 0.144 e. The van der Waals surface area contributed by atoms with Crippen LogP contribution in [0.4, 0.5) is 5.69 Å². The highest BCUT2D eigenvalue weighted by atomic mass is 35.5.